The molecule has 5 rings (SSSR count). The Labute approximate surface area is 182 Å². The Morgan fingerprint density at radius 1 is 0.871 bits per heavy atom. The average Bonchev–Trinajstić information content (AvgIpc) is 3.45. The van der Waals surface area contributed by atoms with Crippen molar-refractivity contribution in [2.45, 2.75) is 20.8 Å². The van der Waals surface area contributed by atoms with Crippen LogP contribution >= 0.6 is 0 Å². The molecule has 3 aromatic carbocycles. The quantitative estimate of drug-likeness (QED) is 0.291. The third kappa shape index (κ3) is 3.57. The van der Waals surface area contributed by atoms with Crippen LogP contribution in [0.2, 0.25) is 0 Å². The van der Waals surface area contributed by atoms with Gasteiger partial charge in [-0.2, -0.15) is 0 Å². The predicted molar refractivity (Wildman–Crippen MR) is 129 cm³/mol. The standard InChI is InChI=1S/C25H19N3O.C2H6/c1-3-17(4-2)24-26-27-25(29-24)18-10-9-11-19(16-18)28-22-14-7-5-12-20(22)21-13-6-8-15-23(21)28;1-2/h3-16H,1H2,2H3;1-2H3/b17-4+;. The van der Waals surface area contributed by atoms with Gasteiger partial charge in [-0.05, 0) is 37.3 Å². The highest BCUT2D eigenvalue weighted by molar-refractivity contribution is 6.09. The van der Waals surface area contributed by atoms with Gasteiger partial charge in [-0.15, -0.1) is 10.2 Å². The van der Waals surface area contributed by atoms with Gasteiger partial charge in [0.25, 0.3) is 0 Å². The van der Waals surface area contributed by atoms with E-state index in [0.717, 1.165) is 16.8 Å². The zero-order valence-electron chi connectivity index (χ0n) is 18.0. The van der Waals surface area contributed by atoms with Crippen molar-refractivity contribution in [2.24, 2.45) is 0 Å². The Kier molecular flexibility index (Phi) is 5.80. The molecule has 5 aromatic rings. The van der Waals surface area contributed by atoms with Crippen molar-refractivity contribution in [1.29, 1.82) is 0 Å². The second kappa shape index (κ2) is 8.84. The van der Waals surface area contributed by atoms with Crippen molar-refractivity contribution < 1.29 is 4.42 Å². The molecule has 0 unspecified atom stereocenters. The topological polar surface area (TPSA) is 43.9 Å². The molecule has 0 aliphatic carbocycles. The molecular formula is C27H25N3O. The molecule has 0 aliphatic heterocycles. The van der Waals surface area contributed by atoms with E-state index < -0.39 is 0 Å². The Balaban J connectivity index is 0.00000112. The second-order valence-corrected chi connectivity index (χ2v) is 6.78. The molecule has 4 heteroatoms. The molecule has 0 radical (unpaired) electrons. The van der Waals surface area contributed by atoms with Gasteiger partial charge in [0.05, 0.1) is 11.0 Å². The van der Waals surface area contributed by atoms with Crippen molar-refractivity contribution >= 4 is 27.4 Å². The lowest BCUT2D eigenvalue weighted by Gasteiger charge is -2.08. The molecule has 2 aromatic heterocycles. The molecule has 0 amide bonds. The molecule has 4 nitrogen and oxygen atoms in total. The van der Waals surface area contributed by atoms with Crippen LogP contribution in [0.1, 0.15) is 26.7 Å². The van der Waals surface area contributed by atoms with E-state index in [1.165, 1.54) is 21.8 Å². The largest absolute Gasteiger partial charge is 0.416 e. The maximum absolute atomic E-state index is 5.89. The first-order valence-electron chi connectivity index (χ1n) is 10.5. The van der Waals surface area contributed by atoms with Gasteiger partial charge in [0.15, 0.2) is 0 Å². The summed E-state index contributed by atoms with van der Waals surface area (Å²) in [6, 6.07) is 25.1. The summed E-state index contributed by atoms with van der Waals surface area (Å²) in [6.45, 7) is 9.72. The molecule has 2 heterocycles. The number of nitrogens with zero attached hydrogens (tertiary/aromatic N) is 3. The smallest absolute Gasteiger partial charge is 0.248 e. The number of allylic oxidation sites excluding steroid dienone is 3. The maximum atomic E-state index is 5.89. The second-order valence-electron chi connectivity index (χ2n) is 6.78. The Morgan fingerprint density at radius 2 is 1.52 bits per heavy atom. The van der Waals surface area contributed by atoms with Crippen LogP contribution in [0, 0.1) is 0 Å². The molecule has 0 bridgehead atoms. The fourth-order valence-electron chi connectivity index (χ4n) is 3.76. The normalized spacial score (nSPS) is 11.4. The molecule has 154 valence electrons. The van der Waals surface area contributed by atoms with Crippen molar-refractivity contribution in [3.05, 3.63) is 97.4 Å². The maximum Gasteiger partial charge on any atom is 0.248 e. The highest BCUT2D eigenvalue weighted by Gasteiger charge is 2.14. The molecule has 0 aliphatic rings. The summed E-state index contributed by atoms with van der Waals surface area (Å²) in [4.78, 5) is 0. The average molecular weight is 408 g/mol. The minimum Gasteiger partial charge on any atom is -0.416 e. The Bertz CT molecular complexity index is 1330. The fourth-order valence-corrected chi connectivity index (χ4v) is 3.76. The third-order valence-electron chi connectivity index (χ3n) is 5.13. The van der Waals surface area contributed by atoms with E-state index >= 15 is 0 Å². The van der Waals surface area contributed by atoms with Gasteiger partial charge in [-0.3, -0.25) is 0 Å². The van der Waals surface area contributed by atoms with Crippen LogP contribution in [-0.2, 0) is 0 Å². The van der Waals surface area contributed by atoms with Crippen LogP contribution < -0.4 is 0 Å². The Hall–Kier alpha value is -3.92. The van der Waals surface area contributed by atoms with Gasteiger partial charge in [0.1, 0.15) is 0 Å². The number of rotatable bonds is 4. The highest BCUT2D eigenvalue weighted by Crippen LogP contribution is 2.33. The lowest BCUT2D eigenvalue weighted by Crippen LogP contribution is -1.94. The molecule has 0 fully saturated rings. The summed E-state index contributed by atoms with van der Waals surface area (Å²) in [7, 11) is 0. The van der Waals surface area contributed by atoms with E-state index in [-0.39, 0.29) is 0 Å². The monoisotopic (exact) mass is 407 g/mol. The summed E-state index contributed by atoms with van der Waals surface area (Å²) in [6.07, 6.45) is 3.62. The molecule has 0 saturated carbocycles. The van der Waals surface area contributed by atoms with Gasteiger partial charge < -0.3 is 8.98 Å². The van der Waals surface area contributed by atoms with Gasteiger partial charge in [-0.1, -0.05) is 75.0 Å². The molecule has 31 heavy (non-hydrogen) atoms. The van der Waals surface area contributed by atoms with Crippen LogP contribution in [0.15, 0.2) is 95.9 Å². The number of fused-ring (bicyclic) bond motifs is 3. The summed E-state index contributed by atoms with van der Waals surface area (Å²) >= 11 is 0. The van der Waals surface area contributed by atoms with Crippen LogP contribution in [0.5, 0.6) is 0 Å². The van der Waals surface area contributed by atoms with E-state index in [1.54, 1.807) is 6.08 Å². The molecule has 0 saturated heterocycles. The summed E-state index contributed by atoms with van der Waals surface area (Å²) in [5, 5.41) is 10.9. The number of hydrogen-bond acceptors (Lipinski definition) is 3. The van der Waals surface area contributed by atoms with E-state index in [9.17, 15) is 0 Å². The first-order chi connectivity index (χ1) is 15.3. The first kappa shape index (κ1) is 20.4. The third-order valence-corrected chi connectivity index (χ3v) is 5.13. The van der Waals surface area contributed by atoms with E-state index in [1.807, 2.05) is 39.0 Å². The summed E-state index contributed by atoms with van der Waals surface area (Å²) in [5.74, 6) is 0.962. The minimum atomic E-state index is 0.472. The Morgan fingerprint density at radius 3 is 2.13 bits per heavy atom. The summed E-state index contributed by atoms with van der Waals surface area (Å²) in [5.41, 5.74) is 5.08. The fraction of sp³-hybridized carbons (Fsp3) is 0.111. The van der Waals surface area contributed by atoms with Crippen LogP contribution in [0.3, 0.4) is 0 Å². The number of benzene rings is 3. The van der Waals surface area contributed by atoms with Gasteiger partial charge in [0, 0.05) is 27.6 Å². The van der Waals surface area contributed by atoms with E-state index in [2.05, 4.69) is 82.0 Å². The number of hydrogen-bond donors (Lipinski definition) is 0. The van der Waals surface area contributed by atoms with E-state index in [0.29, 0.717) is 11.8 Å². The first-order valence-corrected chi connectivity index (χ1v) is 10.5. The predicted octanol–water partition coefficient (Wildman–Crippen LogP) is 7.45. The molecular weight excluding hydrogens is 382 g/mol. The van der Waals surface area contributed by atoms with Crippen molar-refractivity contribution in [1.82, 2.24) is 14.8 Å². The zero-order chi connectivity index (χ0) is 21.8. The van der Waals surface area contributed by atoms with Crippen LogP contribution in [-0.4, -0.2) is 14.8 Å². The van der Waals surface area contributed by atoms with Gasteiger partial charge in [0.2, 0.25) is 11.8 Å². The number of para-hydroxylation sites is 2. The lowest BCUT2D eigenvalue weighted by atomic mass is 10.2. The van der Waals surface area contributed by atoms with E-state index in [4.69, 9.17) is 4.42 Å². The highest BCUT2D eigenvalue weighted by atomic mass is 16.4. The minimum absolute atomic E-state index is 0.472. The lowest BCUT2D eigenvalue weighted by molar-refractivity contribution is 0.554. The van der Waals surface area contributed by atoms with Gasteiger partial charge >= 0.3 is 0 Å². The SMILES string of the molecule is C=C/C(=C\C)c1nnc(-c2cccc(-n3c4ccccc4c4ccccc43)c2)o1.CC. The van der Waals surface area contributed by atoms with Gasteiger partial charge in [-0.25, -0.2) is 0 Å². The number of aromatic nitrogens is 3. The zero-order valence-corrected chi connectivity index (χ0v) is 18.0. The molecule has 0 atom stereocenters. The summed E-state index contributed by atoms with van der Waals surface area (Å²) < 4.78 is 8.16. The van der Waals surface area contributed by atoms with Crippen molar-refractivity contribution in [3.63, 3.8) is 0 Å². The molecule has 0 spiro atoms. The molecule has 0 N–H and O–H groups in total. The van der Waals surface area contributed by atoms with Crippen molar-refractivity contribution in [2.75, 3.05) is 0 Å². The van der Waals surface area contributed by atoms with Crippen LogP contribution in [0.4, 0.5) is 0 Å². The van der Waals surface area contributed by atoms with Crippen molar-refractivity contribution in [3.8, 4) is 17.1 Å². The van der Waals surface area contributed by atoms with Crippen LogP contribution in [0.25, 0.3) is 44.5 Å².